The van der Waals surface area contributed by atoms with Crippen LogP contribution in [0.2, 0.25) is 0 Å². The van der Waals surface area contributed by atoms with Crippen molar-refractivity contribution < 1.29 is 53.7 Å². The Kier molecular flexibility index (Phi) is 9.58. The number of phenols is 1. The summed E-state index contributed by atoms with van der Waals surface area (Å²) in [5, 5.41) is 49.2. The number of ether oxygens (including phenoxy) is 5. The largest absolute Gasteiger partial charge is 0.506 e. The van der Waals surface area contributed by atoms with E-state index in [0.29, 0.717) is 27.8 Å². The van der Waals surface area contributed by atoms with Crippen LogP contribution in [0.3, 0.4) is 0 Å². The molecule has 0 spiro atoms. The van der Waals surface area contributed by atoms with E-state index in [2.05, 4.69) is 23.1 Å². The smallest absolute Gasteiger partial charge is 0.254 e. The summed E-state index contributed by atoms with van der Waals surface area (Å²) in [7, 11) is 1.49. The molecule has 0 radical (unpaired) electrons. The highest BCUT2D eigenvalue weighted by molar-refractivity contribution is 6.13. The zero-order valence-electron chi connectivity index (χ0n) is 32.9. The number of hydrogen-bond donors (Lipinski definition) is 5. The molecule has 13 heteroatoms. The van der Waals surface area contributed by atoms with Crippen molar-refractivity contribution in [3.05, 3.63) is 106 Å². The molecule has 4 heterocycles. The molecule has 1 saturated heterocycles. The zero-order valence-corrected chi connectivity index (χ0v) is 32.9. The zero-order chi connectivity index (χ0) is 41.3. The number of ketones is 1. The normalized spacial score (nSPS) is 26.8. The van der Waals surface area contributed by atoms with Crippen LogP contribution >= 0.6 is 0 Å². The third-order valence-corrected chi connectivity index (χ3v) is 13.0. The first kappa shape index (κ1) is 38.3. The van der Waals surface area contributed by atoms with Crippen molar-refractivity contribution in [2.75, 3.05) is 26.9 Å². The molecule has 4 aromatic carbocycles. The van der Waals surface area contributed by atoms with Gasteiger partial charge in [-0.15, -0.1) is 0 Å². The van der Waals surface area contributed by atoms with E-state index in [0.717, 1.165) is 46.9 Å². The van der Waals surface area contributed by atoms with Crippen LogP contribution in [-0.2, 0) is 33.8 Å². The third kappa shape index (κ3) is 6.13. The lowest BCUT2D eigenvalue weighted by atomic mass is 9.76. The number of fused-ring (bicyclic) bond motifs is 10. The van der Waals surface area contributed by atoms with Gasteiger partial charge in [-0.3, -0.25) is 9.59 Å². The van der Waals surface area contributed by atoms with E-state index in [1.807, 2.05) is 42.6 Å². The molecule has 2 fully saturated rings. The van der Waals surface area contributed by atoms with Crippen LogP contribution in [0.25, 0.3) is 27.8 Å². The number of aliphatic hydroxyl groups is 3. The van der Waals surface area contributed by atoms with Gasteiger partial charge in [-0.1, -0.05) is 54.8 Å². The molecular weight excluding hydrogens is 769 g/mol. The van der Waals surface area contributed by atoms with E-state index in [1.165, 1.54) is 18.1 Å². The molecule has 1 amide bonds. The summed E-state index contributed by atoms with van der Waals surface area (Å²) < 4.78 is 30.7. The Morgan fingerprint density at radius 2 is 1.93 bits per heavy atom. The highest BCUT2D eigenvalue weighted by Crippen LogP contribution is 2.53. The van der Waals surface area contributed by atoms with E-state index in [9.17, 15) is 30.0 Å². The van der Waals surface area contributed by atoms with Crippen molar-refractivity contribution in [3.8, 4) is 29.3 Å². The van der Waals surface area contributed by atoms with Crippen LogP contribution in [0.5, 0.6) is 17.2 Å². The number of nitrogens with one attached hydrogen (secondary N) is 1. The minimum Gasteiger partial charge on any atom is -0.506 e. The third-order valence-electron chi connectivity index (χ3n) is 13.0. The number of Topliss-reactive ketones (excluding diaryl/α,β-unsaturated/α-hetero) is 1. The number of para-hydroxylation sites is 1. The molecule has 1 saturated carbocycles. The van der Waals surface area contributed by atoms with Crippen molar-refractivity contribution in [1.82, 2.24) is 9.88 Å². The second-order valence-corrected chi connectivity index (χ2v) is 16.3. The molecule has 3 aliphatic heterocycles. The minimum absolute atomic E-state index is 0.0346. The summed E-state index contributed by atoms with van der Waals surface area (Å²) in [6.45, 7) is -1.13. The van der Waals surface area contributed by atoms with Gasteiger partial charge in [-0.05, 0) is 65.1 Å². The van der Waals surface area contributed by atoms with Crippen molar-refractivity contribution in [1.29, 1.82) is 0 Å². The fourth-order valence-electron chi connectivity index (χ4n) is 9.91. The molecule has 6 bridgehead atoms. The van der Waals surface area contributed by atoms with E-state index >= 15 is 0 Å². The Bertz CT molecular complexity index is 2660. The Morgan fingerprint density at radius 1 is 1.07 bits per heavy atom. The van der Waals surface area contributed by atoms with Crippen molar-refractivity contribution in [2.24, 2.45) is 5.92 Å². The summed E-state index contributed by atoms with van der Waals surface area (Å²) in [6.07, 6.45) is 5.34. The van der Waals surface area contributed by atoms with E-state index in [1.54, 1.807) is 18.2 Å². The summed E-state index contributed by atoms with van der Waals surface area (Å²) in [5.74, 6) is 2.30. The fourth-order valence-corrected chi connectivity index (χ4v) is 9.91. The molecule has 60 heavy (non-hydrogen) atoms. The number of methoxy groups -OCH3 is 1. The van der Waals surface area contributed by atoms with Crippen molar-refractivity contribution >= 4 is 39.4 Å². The first-order valence-electron chi connectivity index (χ1n) is 20.3. The maximum absolute atomic E-state index is 14.8. The standard InChI is InChI=1S/C47H44N2O11/c1-56-28-17-33-31-15-14-26-8-4-11-30(26)39(31)41-36(51)21-49-20-34-25(7-5-12-32(34)45(49)54)9-6-16-58-44-42(52)38(23-57-22-27-19-48-35-13-3-2-10-29(27)35)60-46(47(44,55)24-50)59-37(18-28)40(33)43(41)53/h2-3,5,7,10,12-15,17-19,26,30,38,42,44,46,48,50,52-53,55H,4,8-9,11,20-24H2,1H3/t26-,30+,38-,42-,44+,46+,47-/m1/s1. The Hall–Kier alpha value is -5.88. The van der Waals surface area contributed by atoms with E-state index in [-0.39, 0.29) is 72.9 Å². The lowest BCUT2D eigenvalue weighted by Gasteiger charge is -2.47. The van der Waals surface area contributed by atoms with Crippen molar-refractivity contribution in [3.63, 3.8) is 0 Å². The number of carbonyl (C=O) groups is 2. The Balaban J connectivity index is 1.12. The molecule has 10 rings (SSSR count). The van der Waals surface area contributed by atoms with Gasteiger partial charge in [0.25, 0.3) is 5.91 Å². The summed E-state index contributed by atoms with van der Waals surface area (Å²) in [6, 6.07) is 16.4. The molecule has 308 valence electrons. The Labute approximate surface area is 345 Å². The van der Waals surface area contributed by atoms with Crippen LogP contribution in [0.15, 0.2) is 66.9 Å². The van der Waals surface area contributed by atoms with Gasteiger partial charge in [0, 0.05) is 52.6 Å². The van der Waals surface area contributed by atoms with Crippen LogP contribution in [0.1, 0.15) is 73.7 Å². The average molecular weight is 813 g/mol. The van der Waals surface area contributed by atoms with Gasteiger partial charge in [0.1, 0.15) is 35.6 Å². The number of rotatable bonds is 6. The fraction of sp³-hybridized carbons (Fsp3) is 0.362. The maximum Gasteiger partial charge on any atom is 0.254 e. The highest BCUT2D eigenvalue weighted by Gasteiger charge is 2.59. The molecular formula is C47H44N2O11. The van der Waals surface area contributed by atoms with Gasteiger partial charge < -0.3 is 54.0 Å². The van der Waals surface area contributed by atoms with Crippen LogP contribution in [0, 0.1) is 17.9 Å². The SMILES string of the molecule is COc1cc2c3c(O)c(c4c(c3c1)C=C[C@H]1CCC[C@H]41)C(=O)CN1Cc3c(cccc3C1=O)CC#CO[C@H]1[C@H](O)[C@@H](COCc3c[nH]c4ccccc34)O[C@H](O2)[C@@]1(O)CO. The van der Waals surface area contributed by atoms with Crippen molar-refractivity contribution in [2.45, 2.75) is 75.0 Å². The Morgan fingerprint density at radius 3 is 2.78 bits per heavy atom. The van der Waals surface area contributed by atoms with E-state index < -0.39 is 42.6 Å². The number of hydrogen-bond acceptors (Lipinski definition) is 11. The second kappa shape index (κ2) is 15.0. The van der Waals surface area contributed by atoms with Gasteiger partial charge >= 0.3 is 0 Å². The van der Waals surface area contributed by atoms with Gasteiger partial charge in [0.2, 0.25) is 6.29 Å². The van der Waals surface area contributed by atoms with Gasteiger partial charge in [0.15, 0.2) is 17.5 Å². The molecule has 2 aliphatic carbocycles. The van der Waals surface area contributed by atoms with Crippen LogP contribution in [0.4, 0.5) is 0 Å². The number of aromatic amines is 1. The predicted octanol–water partition coefficient (Wildman–Crippen LogP) is 5.09. The number of aromatic hydroxyl groups is 1. The first-order valence-corrected chi connectivity index (χ1v) is 20.3. The van der Waals surface area contributed by atoms with Gasteiger partial charge in [-0.25, -0.2) is 0 Å². The van der Waals surface area contributed by atoms with E-state index in [4.69, 9.17) is 23.7 Å². The van der Waals surface area contributed by atoms with Gasteiger partial charge in [0.05, 0.1) is 44.4 Å². The maximum atomic E-state index is 14.8. The first-order chi connectivity index (χ1) is 29.2. The number of aliphatic hydroxyl groups excluding tert-OH is 2. The number of aromatic nitrogens is 1. The van der Waals surface area contributed by atoms with Crippen LogP contribution < -0.4 is 9.47 Å². The molecule has 5 aromatic rings. The number of benzene rings is 4. The molecule has 5 aliphatic rings. The topological polar surface area (TPSA) is 180 Å². The number of amides is 1. The molecule has 7 atom stereocenters. The predicted molar refractivity (Wildman–Crippen MR) is 218 cm³/mol. The number of carbonyl (C=O) groups excluding carboxylic acids is 2. The molecule has 13 nitrogen and oxygen atoms in total. The highest BCUT2D eigenvalue weighted by atomic mass is 16.7. The number of nitrogens with zero attached hydrogens (tertiary/aromatic N) is 1. The lowest BCUT2D eigenvalue weighted by Crippen LogP contribution is -2.70. The molecule has 1 aromatic heterocycles. The monoisotopic (exact) mass is 812 g/mol. The summed E-state index contributed by atoms with van der Waals surface area (Å²) in [4.78, 5) is 33.3. The summed E-state index contributed by atoms with van der Waals surface area (Å²) >= 11 is 0. The second-order valence-electron chi connectivity index (χ2n) is 16.3. The average Bonchev–Trinajstić information content (AvgIpc) is 3.99. The van der Waals surface area contributed by atoms with Gasteiger partial charge in [-0.2, -0.15) is 0 Å². The quantitative estimate of drug-likeness (QED) is 0.144. The molecule has 5 N–H and O–H groups in total. The van der Waals surface area contributed by atoms with Crippen LogP contribution in [-0.4, -0.2) is 99.1 Å². The minimum atomic E-state index is -2.43. The lowest BCUT2D eigenvalue weighted by molar-refractivity contribution is -0.327. The number of phenolic OH excluding ortho intramolecular Hbond substituents is 1. The number of allylic oxidation sites excluding steroid dienone is 1. The number of H-pyrrole nitrogens is 1. The summed E-state index contributed by atoms with van der Waals surface area (Å²) in [5.41, 5.74) is 2.84. The molecule has 0 unspecified atom stereocenters.